The van der Waals surface area contributed by atoms with E-state index in [9.17, 15) is 0 Å². The van der Waals surface area contributed by atoms with Gasteiger partial charge in [-0.2, -0.15) is 5.10 Å². The third kappa shape index (κ3) is 3.12. The first kappa shape index (κ1) is 13.8. The fourth-order valence-electron chi connectivity index (χ4n) is 2.28. The molecule has 0 saturated carbocycles. The molecule has 2 aromatic heterocycles. The number of aromatic nitrogens is 3. The van der Waals surface area contributed by atoms with Crippen LogP contribution in [0.2, 0.25) is 5.02 Å². The lowest BCUT2D eigenvalue weighted by atomic mass is 9.99. The van der Waals surface area contributed by atoms with Gasteiger partial charge in [0.15, 0.2) is 0 Å². The van der Waals surface area contributed by atoms with Crippen molar-refractivity contribution in [2.45, 2.75) is 12.5 Å². The number of pyridine rings is 1. The monoisotopic (exact) mass is 298 g/mol. The first-order chi connectivity index (χ1) is 10.2. The standard InChI is InChI=1S/C16H15ClN4/c17-14-5-3-11(4-6-14)16-13(10-20-21-16)8-15(18)12-2-1-7-19-9-12/h1-7,9-10,15H,8,18H2,(H,20,21). The molecule has 0 fully saturated rings. The number of nitrogens with one attached hydrogen (secondary N) is 1. The van der Waals surface area contributed by atoms with Gasteiger partial charge < -0.3 is 5.73 Å². The fourth-order valence-corrected chi connectivity index (χ4v) is 2.41. The van der Waals surface area contributed by atoms with Crippen molar-refractivity contribution in [3.63, 3.8) is 0 Å². The van der Waals surface area contributed by atoms with E-state index < -0.39 is 0 Å². The van der Waals surface area contributed by atoms with Crippen LogP contribution >= 0.6 is 11.6 Å². The molecule has 0 radical (unpaired) electrons. The third-order valence-corrected chi connectivity index (χ3v) is 3.66. The highest BCUT2D eigenvalue weighted by Gasteiger charge is 2.13. The van der Waals surface area contributed by atoms with Gasteiger partial charge in [-0.15, -0.1) is 0 Å². The molecular formula is C16H15ClN4. The van der Waals surface area contributed by atoms with Crippen LogP contribution in [0, 0.1) is 0 Å². The zero-order valence-electron chi connectivity index (χ0n) is 11.3. The molecule has 21 heavy (non-hydrogen) atoms. The van der Waals surface area contributed by atoms with Crippen molar-refractivity contribution in [3.05, 3.63) is 71.1 Å². The molecule has 0 aliphatic rings. The number of aromatic amines is 1. The smallest absolute Gasteiger partial charge is 0.0682 e. The van der Waals surface area contributed by atoms with E-state index >= 15 is 0 Å². The highest BCUT2D eigenvalue weighted by atomic mass is 35.5. The summed E-state index contributed by atoms with van der Waals surface area (Å²) in [5.41, 5.74) is 10.4. The van der Waals surface area contributed by atoms with Gasteiger partial charge >= 0.3 is 0 Å². The van der Waals surface area contributed by atoms with Crippen LogP contribution in [-0.4, -0.2) is 15.2 Å². The minimum Gasteiger partial charge on any atom is -0.324 e. The molecule has 106 valence electrons. The van der Waals surface area contributed by atoms with Gasteiger partial charge in [-0.05, 0) is 41.3 Å². The van der Waals surface area contributed by atoms with Crippen molar-refractivity contribution in [3.8, 4) is 11.3 Å². The van der Waals surface area contributed by atoms with Gasteiger partial charge in [0.2, 0.25) is 0 Å². The van der Waals surface area contributed by atoms with Gasteiger partial charge in [0, 0.05) is 23.5 Å². The van der Waals surface area contributed by atoms with Crippen molar-refractivity contribution in [1.29, 1.82) is 0 Å². The zero-order valence-corrected chi connectivity index (χ0v) is 12.1. The summed E-state index contributed by atoms with van der Waals surface area (Å²) in [5, 5.41) is 7.89. The largest absolute Gasteiger partial charge is 0.324 e. The first-order valence-electron chi connectivity index (χ1n) is 6.68. The predicted molar refractivity (Wildman–Crippen MR) is 83.9 cm³/mol. The lowest BCUT2D eigenvalue weighted by Gasteiger charge is -2.11. The Kier molecular flexibility index (Phi) is 3.99. The summed E-state index contributed by atoms with van der Waals surface area (Å²) in [4.78, 5) is 4.11. The van der Waals surface area contributed by atoms with E-state index in [-0.39, 0.29) is 6.04 Å². The Hall–Kier alpha value is -2.17. The van der Waals surface area contributed by atoms with Crippen LogP contribution in [0.25, 0.3) is 11.3 Å². The number of halogens is 1. The second-order valence-corrected chi connectivity index (χ2v) is 5.31. The number of H-pyrrole nitrogens is 1. The number of rotatable bonds is 4. The molecule has 4 nitrogen and oxygen atoms in total. The van der Waals surface area contributed by atoms with Crippen LogP contribution in [0.5, 0.6) is 0 Å². The molecule has 0 aliphatic heterocycles. The van der Waals surface area contributed by atoms with E-state index in [2.05, 4.69) is 15.2 Å². The average molecular weight is 299 g/mol. The van der Waals surface area contributed by atoms with Gasteiger partial charge in [-0.3, -0.25) is 10.1 Å². The molecule has 3 rings (SSSR count). The van der Waals surface area contributed by atoms with E-state index in [4.69, 9.17) is 17.3 Å². The molecule has 0 spiro atoms. The van der Waals surface area contributed by atoms with Gasteiger partial charge in [0.1, 0.15) is 0 Å². The van der Waals surface area contributed by atoms with Crippen molar-refractivity contribution in [2.24, 2.45) is 5.73 Å². The Morgan fingerprint density at radius 2 is 1.95 bits per heavy atom. The topological polar surface area (TPSA) is 67.6 Å². The molecule has 2 heterocycles. The second-order valence-electron chi connectivity index (χ2n) is 4.87. The highest BCUT2D eigenvalue weighted by Crippen LogP contribution is 2.25. The molecule has 0 amide bonds. The van der Waals surface area contributed by atoms with E-state index in [0.717, 1.165) is 22.4 Å². The number of benzene rings is 1. The summed E-state index contributed by atoms with van der Waals surface area (Å²) >= 11 is 5.92. The molecular weight excluding hydrogens is 284 g/mol. The molecule has 0 aliphatic carbocycles. The summed E-state index contributed by atoms with van der Waals surface area (Å²) in [6.45, 7) is 0. The molecule has 0 bridgehead atoms. The molecule has 3 aromatic rings. The molecule has 1 aromatic carbocycles. The van der Waals surface area contributed by atoms with Gasteiger partial charge in [-0.1, -0.05) is 29.8 Å². The maximum absolute atomic E-state index is 6.25. The van der Waals surface area contributed by atoms with Crippen LogP contribution in [0.1, 0.15) is 17.2 Å². The van der Waals surface area contributed by atoms with E-state index in [1.165, 1.54) is 0 Å². The SMILES string of the molecule is NC(Cc1cn[nH]c1-c1ccc(Cl)cc1)c1cccnc1. The fraction of sp³-hybridized carbons (Fsp3) is 0.125. The molecule has 1 unspecified atom stereocenters. The normalized spacial score (nSPS) is 12.3. The average Bonchev–Trinajstić information content (AvgIpc) is 2.97. The van der Waals surface area contributed by atoms with Crippen molar-refractivity contribution < 1.29 is 0 Å². The lowest BCUT2D eigenvalue weighted by Crippen LogP contribution is -2.13. The lowest BCUT2D eigenvalue weighted by molar-refractivity contribution is 0.719. The Balaban J connectivity index is 1.84. The summed E-state index contributed by atoms with van der Waals surface area (Å²) in [5.74, 6) is 0. The Bertz CT molecular complexity index is 707. The number of nitrogens with two attached hydrogens (primary N) is 1. The Labute approximate surface area is 128 Å². The van der Waals surface area contributed by atoms with E-state index in [1.54, 1.807) is 12.4 Å². The zero-order chi connectivity index (χ0) is 14.7. The van der Waals surface area contributed by atoms with Crippen LogP contribution in [0.3, 0.4) is 0 Å². The van der Waals surface area contributed by atoms with Gasteiger partial charge in [-0.25, -0.2) is 0 Å². The van der Waals surface area contributed by atoms with Crippen molar-refractivity contribution in [2.75, 3.05) is 0 Å². The van der Waals surface area contributed by atoms with Crippen LogP contribution < -0.4 is 5.73 Å². The minimum absolute atomic E-state index is 0.109. The van der Waals surface area contributed by atoms with Crippen molar-refractivity contribution >= 4 is 11.6 Å². The number of hydrogen-bond donors (Lipinski definition) is 2. The summed E-state index contributed by atoms with van der Waals surface area (Å²) in [7, 11) is 0. The Morgan fingerprint density at radius 1 is 1.14 bits per heavy atom. The maximum Gasteiger partial charge on any atom is 0.0682 e. The number of nitrogens with zero attached hydrogens (tertiary/aromatic N) is 2. The number of hydrogen-bond acceptors (Lipinski definition) is 3. The van der Waals surface area contributed by atoms with E-state index in [0.29, 0.717) is 11.4 Å². The van der Waals surface area contributed by atoms with Gasteiger partial charge in [0.05, 0.1) is 11.9 Å². The van der Waals surface area contributed by atoms with Crippen LogP contribution in [-0.2, 0) is 6.42 Å². The quantitative estimate of drug-likeness (QED) is 0.776. The van der Waals surface area contributed by atoms with Crippen LogP contribution in [0.15, 0.2) is 55.0 Å². The highest BCUT2D eigenvalue weighted by molar-refractivity contribution is 6.30. The van der Waals surface area contributed by atoms with Crippen LogP contribution in [0.4, 0.5) is 0 Å². The van der Waals surface area contributed by atoms with Gasteiger partial charge in [0.25, 0.3) is 0 Å². The first-order valence-corrected chi connectivity index (χ1v) is 7.05. The predicted octanol–water partition coefficient (Wildman–Crippen LogP) is 3.37. The minimum atomic E-state index is -0.109. The Morgan fingerprint density at radius 3 is 2.67 bits per heavy atom. The molecule has 1 atom stereocenters. The third-order valence-electron chi connectivity index (χ3n) is 3.40. The summed E-state index contributed by atoms with van der Waals surface area (Å²) in [6, 6.07) is 11.4. The molecule has 5 heteroatoms. The summed E-state index contributed by atoms with van der Waals surface area (Å²) in [6.07, 6.45) is 6.06. The molecule has 0 saturated heterocycles. The van der Waals surface area contributed by atoms with Crippen molar-refractivity contribution in [1.82, 2.24) is 15.2 Å². The maximum atomic E-state index is 6.25. The molecule has 3 N–H and O–H groups in total. The second kappa shape index (κ2) is 6.08. The summed E-state index contributed by atoms with van der Waals surface area (Å²) < 4.78 is 0. The van der Waals surface area contributed by atoms with E-state index in [1.807, 2.05) is 42.6 Å².